The highest BCUT2D eigenvalue weighted by Crippen LogP contribution is 2.47. The van der Waals surface area contributed by atoms with Gasteiger partial charge in [-0.05, 0) is 76.5 Å². The number of benzene rings is 5. The number of hydrogen-bond acceptors (Lipinski definition) is 4. The summed E-state index contributed by atoms with van der Waals surface area (Å²) in [5, 5.41) is 2.32. The summed E-state index contributed by atoms with van der Waals surface area (Å²) in [6.07, 6.45) is 4.34. The zero-order chi connectivity index (χ0) is 26.1. The molecule has 188 valence electrons. The van der Waals surface area contributed by atoms with Crippen molar-refractivity contribution in [3.05, 3.63) is 126 Å². The van der Waals surface area contributed by atoms with E-state index < -0.39 is 5.60 Å². The van der Waals surface area contributed by atoms with Crippen LogP contribution in [-0.2, 0) is 5.60 Å². The molecule has 0 amide bonds. The Bertz CT molecular complexity index is 1570. The summed E-state index contributed by atoms with van der Waals surface area (Å²) in [6.45, 7) is 0. The molecule has 1 aliphatic rings. The quantitative estimate of drug-likeness (QED) is 0.238. The van der Waals surface area contributed by atoms with E-state index in [-0.39, 0.29) is 0 Å². The van der Waals surface area contributed by atoms with E-state index in [0.29, 0.717) is 0 Å². The van der Waals surface area contributed by atoms with Gasteiger partial charge >= 0.3 is 0 Å². The first-order valence-corrected chi connectivity index (χ1v) is 12.5. The van der Waals surface area contributed by atoms with Gasteiger partial charge in [-0.15, -0.1) is 0 Å². The zero-order valence-electron chi connectivity index (χ0n) is 21.6. The van der Waals surface area contributed by atoms with Crippen LogP contribution in [0.4, 0.5) is 0 Å². The number of fused-ring (bicyclic) bond motifs is 3. The van der Waals surface area contributed by atoms with Crippen LogP contribution < -0.4 is 18.9 Å². The molecule has 0 radical (unpaired) electrons. The molecule has 4 nitrogen and oxygen atoms in total. The van der Waals surface area contributed by atoms with Crippen LogP contribution in [0, 0.1) is 0 Å². The van der Waals surface area contributed by atoms with Gasteiger partial charge in [-0.1, -0.05) is 60.7 Å². The highest BCUT2D eigenvalue weighted by Gasteiger charge is 2.38. The predicted octanol–water partition coefficient (Wildman–Crippen LogP) is 7.88. The van der Waals surface area contributed by atoms with Crippen LogP contribution in [-0.4, -0.2) is 21.3 Å². The lowest BCUT2D eigenvalue weighted by molar-refractivity contribution is 0.161. The van der Waals surface area contributed by atoms with Crippen LogP contribution >= 0.6 is 0 Å². The summed E-state index contributed by atoms with van der Waals surface area (Å²) < 4.78 is 23.3. The largest absolute Gasteiger partial charge is 0.497 e. The fraction of sp³-hybridized carbons (Fsp3) is 0.118. The molecule has 0 N–H and O–H groups in total. The third-order valence-electron chi connectivity index (χ3n) is 7.24. The van der Waals surface area contributed by atoms with Crippen molar-refractivity contribution in [1.82, 2.24) is 0 Å². The Hall–Kier alpha value is -4.70. The molecule has 5 aromatic carbocycles. The van der Waals surface area contributed by atoms with Crippen LogP contribution in [0.3, 0.4) is 0 Å². The predicted molar refractivity (Wildman–Crippen MR) is 152 cm³/mol. The fourth-order valence-corrected chi connectivity index (χ4v) is 5.20. The molecular weight excluding hydrogens is 472 g/mol. The molecule has 0 unspecified atom stereocenters. The molecule has 1 aliphatic heterocycles. The normalized spacial score (nSPS) is 13.4. The Balaban J connectivity index is 1.56. The molecule has 0 fully saturated rings. The summed E-state index contributed by atoms with van der Waals surface area (Å²) >= 11 is 0. The Kier molecular flexibility index (Phi) is 6.01. The highest BCUT2D eigenvalue weighted by atomic mass is 16.5. The van der Waals surface area contributed by atoms with Crippen LogP contribution in [0.2, 0.25) is 0 Å². The second-order valence-corrected chi connectivity index (χ2v) is 9.24. The zero-order valence-corrected chi connectivity index (χ0v) is 21.6. The van der Waals surface area contributed by atoms with Crippen LogP contribution in [0.5, 0.6) is 23.0 Å². The molecule has 0 bridgehead atoms. The molecule has 38 heavy (non-hydrogen) atoms. The average molecular weight is 501 g/mol. The molecule has 4 heteroatoms. The van der Waals surface area contributed by atoms with Crippen LogP contribution in [0.15, 0.2) is 109 Å². The van der Waals surface area contributed by atoms with E-state index in [1.54, 1.807) is 21.3 Å². The lowest BCUT2D eigenvalue weighted by Gasteiger charge is -2.37. The standard InChI is InChI=1S/C34H28O4/c1-35-26-14-8-23(9-15-26)32-22-33-31(29-6-4-5-7-30(29)32)20-21-34(38-33,24-10-16-27(36-2)17-11-24)25-12-18-28(37-3)19-13-25/h4-22H,1-3H3. The average Bonchev–Trinajstić information content (AvgIpc) is 3.00. The highest BCUT2D eigenvalue weighted by molar-refractivity contribution is 6.03. The van der Waals surface area contributed by atoms with E-state index in [4.69, 9.17) is 18.9 Å². The molecule has 5 aromatic rings. The molecule has 0 saturated carbocycles. The van der Waals surface area contributed by atoms with Gasteiger partial charge in [0.15, 0.2) is 5.60 Å². The molecule has 0 aromatic heterocycles. The van der Waals surface area contributed by atoms with E-state index in [2.05, 4.69) is 78.9 Å². The monoisotopic (exact) mass is 500 g/mol. The summed E-state index contributed by atoms with van der Waals surface area (Å²) in [6, 6.07) is 34.9. The Labute approximate surface area is 222 Å². The molecule has 0 atom stereocenters. The Morgan fingerprint density at radius 1 is 0.579 bits per heavy atom. The maximum Gasteiger partial charge on any atom is 0.178 e. The van der Waals surface area contributed by atoms with Gasteiger partial charge in [0.1, 0.15) is 23.0 Å². The second-order valence-electron chi connectivity index (χ2n) is 9.24. The van der Waals surface area contributed by atoms with Gasteiger partial charge in [0, 0.05) is 16.7 Å². The van der Waals surface area contributed by atoms with Gasteiger partial charge in [0.2, 0.25) is 0 Å². The van der Waals surface area contributed by atoms with Gasteiger partial charge in [-0.2, -0.15) is 0 Å². The van der Waals surface area contributed by atoms with E-state index in [1.165, 1.54) is 5.39 Å². The first-order chi connectivity index (χ1) is 18.6. The van der Waals surface area contributed by atoms with E-state index in [0.717, 1.165) is 56.2 Å². The topological polar surface area (TPSA) is 36.9 Å². The number of hydrogen-bond donors (Lipinski definition) is 0. The minimum absolute atomic E-state index is 0.798. The van der Waals surface area contributed by atoms with Crippen molar-refractivity contribution in [3.8, 4) is 34.1 Å². The lowest BCUT2D eigenvalue weighted by atomic mass is 9.82. The molecule has 1 heterocycles. The molecular formula is C34H28O4. The first kappa shape index (κ1) is 23.7. The molecule has 0 spiro atoms. The third kappa shape index (κ3) is 3.95. The van der Waals surface area contributed by atoms with Crippen molar-refractivity contribution in [3.63, 3.8) is 0 Å². The van der Waals surface area contributed by atoms with Gasteiger partial charge in [-0.25, -0.2) is 0 Å². The summed E-state index contributed by atoms with van der Waals surface area (Å²) in [5.41, 5.74) is 4.45. The smallest absolute Gasteiger partial charge is 0.178 e. The van der Waals surface area contributed by atoms with Gasteiger partial charge in [0.25, 0.3) is 0 Å². The van der Waals surface area contributed by atoms with E-state index in [9.17, 15) is 0 Å². The summed E-state index contributed by atoms with van der Waals surface area (Å²) in [7, 11) is 5.03. The first-order valence-electron chi connectivity index (χ1n) is 12.5. The molecule has 6 rings (SSSR count). The minimum atomic E-state index is -0.828. The Morgan fingerprint density at radius 2 is 1.08 bits per heavy atom. The number of methoxy groups -OCH3 is 3. The molecule has 0 aliphatic carbocycles. The molecule has 0 saturated heterocycles. The summed E-state index contributed by atoms with van der Waals surface area (Å²) in [4.78, 5) is 0. The lowest BCUT2D eigenvalue weighted by Crippen LogP contribution is -2.34. The third-order valence-corrected chi connectivity index (χ3v) is 7.24. The fourth-order valence-electron chi connectivity index (χ4n) is 5.20. The Morgan fingerprint density at radius 3 is 1.61 bits per heavy atom. The van der Waals surface area contributed by atoms with Crippen molar-refractivity contribution in [2.24, 2.45) is 0 Å². The van der Waals surface area contributed by atoms with Gasteiger partial charge in [-0.3, -0.25) is 0 Å². The van der Waals surface area contributed by atoms with E-state index in [1.807, 2.05) is 36.4 Å². The van der Waals surface area contributed by atoms with Gasteiger partial charge < -0.3 is 18.9 Å². The van der Waals surface area contributed by atoms with Crippen LogP contribution in [0.25, 0.3) is 28.0 Å². The summed E-state index contributed by atoms with van der Waals surface area (Å²) in [5.74, 6) is 3.25. The minimum Gasteiger partial charge on any atom is -0.497 e. The van der Waals surface area contributed by atoms with Crippen molar-refractivity contribution in [1.29, 1.82) is 0 Å². The number of rotatable bonds is 6. The van der Waals surface area contributed by atoms with Crippen molar-refractivity contribution < 1.29 is 18.9 Å². The van der Waals surface area contributed by atoms with Crippen molar-refractivity contribution in [2.45, 2.75) is 5.60 Å². The second kappa shape index (κ2) is 9.64. The van der Waals surface area contributed by atoms with E-state index >= 15 is 0 Å². The van der Waals surface area contributed by atoms with Crippen LogP contribution in [0.1, 0.15) is 16.7 Å². The maximum atomic E-state index is 7.06. The SMILES string of the molecule is COc1ccc(-c2cc3c(c4ccccc24)C=CC(c2ccc(OC)cc2)(c2ccc(OC)cc2)O3)cc1. The van der Waals surface area contributed by atoms with Gasteiger partial charge in [0.05, 0.1) is 21.3 Å². The number of ether oxygens (including phenoxy) is 4. The van der Waals surface area contributed by atoms with Crippen molar-refractivity contribution >= 4 is 16.8 Å². The maximum absolute atomic E-state index is 7.06. The van der Waals surface area contributed by atoms with Crippen molar-refractivity contribution in [2.75, 3.05) is 21.3 Å².